The molecule has 2 aromatic rings. The van der Waals surface area contributed by atoms with Crippen LogP contribution in [-0.4, -0.2) is 42.3 Å². The Morgan fingerprint density at radius 2 is 1.93 bits per heavy atom. The first-order chi connectivity index (χ1) is 12.8. The summed E-state index contributed by atoms with van der Waals surface area (Å²) in [6.45, 7) is 4.44. The average molecular weight is 391 g/mol. The van der Waals surface area contributed by atoms with Gasteiger partial charge in [0.2, 0.25) is 0 Å². The molecule has 1 atom stereocenters. The lowest BCUT2D eigenvalue weighted by atomic mass is 10.0. The van der Waals surface area contributed by atoms with Crippen LogP contribution in [0.4, 0.5) is 10.6 Å². The minimum atomic E-state index is -2.88. The Kier molecular flexibility index (Phi) is 5.84. The van der Waals surface area contributed by atoms with E-state index >= 15 is 0 Å². The molecule has 27 heavy (non-hydrogen) atoms. The van der Waals surface area contributed by atoms with Crippen LogP contribution >= 0.6 is 0 Å². The van der Waals surface area contributed by atoms with Crippen molar-refractivity contribution in [2.75, 3.05) is 23.4 Å². The summed E-state index contributed by atoms with van der Waals surface area (Å²) < 4.78 is 24.8. The van der Waals surface area contributed by atoms with Gasteiger partial charge < -0.3 is 5.32 Å². The fourth-order valence-corrected chi connectivity index (χ4v) is 4.81. The predicted molar refractivity (Wildman–Crippen MR) is 106 cm³/mol. The molecule has 2 heterocycles. The zero-order valence-corrected chi connectivity index (χ0v) is 16.5. The number of anilines is 1. The van der Waals surface area contributed by atoms with Gasteiger partial charge in [-0.3, -0.25) is 10.00 Å². The number of aryl methyl sites for hydroxylation is 1. The first-order valence-electron chi connectivity index (χ1n) is 9.20. The maximum absolute atomic E-state index is 12.2. The Morgan fingerprint density at radius 1 is 1.26 bits per heavy atom. The number of rotatable bonds is 5. The number of hydrogen-bond donors (Lipinski definition) is 2. The van der Waals surface area contributed by atoms with Gasteiger partial charge in [-0.15, -0.1) is 0 Å². The quantitative estimate of drug-likeness (QED) is 0.821. The van der Waals surface area contributed by atoms with Crippen LogP contribution in [0.5, 0.6) is 0 Å². The molecule has 1 aliphatic heterocycles. The molecule has 2 amide bonds. The second-order valence-corrected chi connectivity index (χ2v) is 9.46. The molecule has 0 aliphatic carbocycles. The van der Waals surface area contributed by atoms with Crippen LogP contribution in [0.15, 0.2) is 36.5 Å². The monoisotopic (exact) mass is 390 g/mol. The predicted octanol–water partition coefficient (Wildman–Crippen LogP) is 2.75. The summed E-state index contributed by atoms with van der Waals surface area (Å²) in [5, 5.41) is 10.1. The van der Waals surface area contributed by atoms with E-state index in [1.54, 1.807) is 0 Å². The van der Waals surface area contributed by atoms with Crippen LogP contribution in [0.3, 0.4) is 0 Å². The molecule has 1 aromatic carbocycles. The van der Waals surface area contributed by atoms with E-state index in [0.29, 0.717) is 25.2 Å². The van der Waals surface area contributed by atoms with Gasteiger partial charge in [0.25, 0.3) is 0 Å². The van der Waals surface area contributed by atoms with Crippen molar-refractivity contribution in [3.05, 3.63) is 47.7 Å². The molecule has 1 saturated heterocycles. The Morgan fingerprint density at radius 3 is 2.59 bits per heavy atom. The van der Waals surface area contributed by atoms with Gasteiger partial charge in [-0.05, 0) is 38.2 Å². The molecule has 1 fully saturated rings. The number of amides is 2. The lowest BCUT2D eigenvalue weighted by Crippen LogP contribution is -2.36. The molecule has 0 radical (unpaired) electrons. The molecule has 7 nitrogen and oxygen atoms in total. The first-order valence-corrected chi connectivity index (χ1v) is 11.0. The van der Waals surface area contributed by atoms with Crippen molar-refractivity contribution in [3.8, 4) is 0 Å². The van der Waals surface area contributed by atoms with Gasteiger partial charge in [0.1, 0.15) is 9.84 Å². The van der Waals surface area contributed by atoms with E-state index in [1.165, 1.54) is 0 Å². The fourth-order valence-electron chi connectivity index (χ4n) is 3.22. The van der Waals surface area contributed by atoms with E-state index in [-0.39, 0.29) is 29.5 Å². The van der Waals surface area contributed by atoms with Crippen molar-refractivity contribution in [1.82, 2.24) is 15.1 Å². The van der Waals surface area contributed by atoms with Crippen LogP contribution in [0.1, 0.15) is 36.9 Å². The minimum absolute atomic E-state index is 0.0627. The van der Waals surface area contributed by atoms with E-state index < -0.39 is 9.84 Å². The van der Waals surface area contributed by atoms with E-state index in [1.807, 2.05) is 48.1 Å². The summed E-state index contributed by atoms with van der Waals surface area (Å²) in [6, 6.07) is 9.80. The van der Waals surface area contributed by atoms with E-state index in [9.17, 15) is 13.2 Å². The van der Waals surface area contributed by atoms with Gasteiger partial charge in [0.15, 0.2) is 5.82 Å². The van der Waals surface area contributed by atoms with Gasteiger partial charge in [-0.2, -0.15) is 5.10 Å². The third-order valence-corrected chi connectivity index (χ3v) is 6.77. The van der Waals surface area contributed by atoms with E-state index in [2.05, 4.69) is 22.7 Å². The average Bonchev–Trinajstić information content (AvgIpc) is 3.01. The Bertz CT molecular complexity index is 879. The highest BCUT2D eigenvalue weighted by Crippen LogP contribution is 2.21. The maximum Gasteiger partial charge on any atom is 0.320 e. The van der Waals surface area contributed by atoms with Crippen LogP contribution in [0.2, 0.25) is 0 Å². The molecule has 1 aromatic heterocycles. The number of carbonyl (C=O) groups is 1. The molecular formula is C19H26N4O3S. The first kappa shape index (κ1) is 19.4. The van der Waals surface area contributed by atoms with Gasteiger partial charge in [-0.25, -0.2) is 13.2 Å². The number of aromatic nitrogens is 2. The summed E-state index contributed by atoms with van der Waals surface area (Å²) in [5.74, 6) is 1.15. The van der Waals surface area contributed by atoms with Crippen LogP contribution < -0.4 is 10.6 Å². The van der Waals surface area contributed by atoms with Crippen LogP contribution in [0, 0.1) is 12.8 Å². The highest BCUT2D eigenvalue weighted by Gasteiger charge is 2.24. The number of hydrogen-bond acceptors (Lipinski definition) is 4. The van der Waals surface area contributed by atoms with Crippen molar-refractivity contribution in [2.45, 2.75) is 32.7 Å². The van der Waals surface area contributed by atoms with Crippen molar-refractivity contribution in [2.24, 2.45) is 5.92 Å². The lowest BCUT2D eigenvalue weighted by molar-refractivity contribution is 0.249. The smallest absolute Gasteiger partial charge is 0.320 e. The van der Waals surface area contributed by atoms with Crippen molar-refractivity contribution >= 4 is 21.7 Å². The summed E-state index contributed by atoms with van der Waals surface area (Å²) >= 11 is 0. The third-order valence-electron chi connectivity index (χ3n) is 5.05. The molecule has 8 heteroatoms. The fraction of sp³-hybridized carbons (Fsp3) is 0.474. The Labute approximate surface area is 160 Å². The van der Waals surface area contributed by atoms with Gasteiger partial charge >= 0.3 is 6.03 Å². The maximum atomic E-state index is 12.2. The lowest BCUT2D eigenvalue weighted by Gasteiger charge is -2.22. The van der Waals surface area contributed by atoms with Crippen molar-refractivity contribution in [1.29, 1.82) is 0 Å². The highest BCUT2D eigenvalue weighted by atomic mass is 32.2. The van der Waals surface area contributed by atoms with Gasteiger partial charge in [0, 0.05) is 18.3 Å². The summed E-state index contributed by atoms with van der Waals surface area (Å²) in [6.07, 6.45) is 3.12. The Balaban J connectivity index is 1.55. The summed E-state index contributed by atoms with van der Waals surface area (Å²) in [7, 11) is -2.88. The zero-order chi connectivity index (χ0) is 19.4. The van der Waals surface area contributed by atoms with Crippen molar-refractivity contribution < 1.29 is 13.2 Å². The van der Waals surface area contributed by atoms with E-state index in [0.717, 1.165) is 11.1 Å². The third kappa shape index (κ3) is 5.09. The molecule has 0 bridgehead atoms. The molecule has 2 N–H and O–H groups in total. The number of carbonyl (C=O) groups excluding carboxylic acids is 1. The number of sulfone groups is 1. The normalized spacial score (nSPS) is 18.0. The Hall–Kier alpha value is -2.35. The topological polar surface area (TPSA) is 93.1 Å². The number of benzene rings is 1. The number of urea groups is 1. The molecule has 0 unspecified atom stereocenters. The molecule has 0 saturated carbocycles. The summed E-state index contributed by atoms with van der Waals surface area (Å²) in [4.78, 5) is 12.2. The molecule has 0 spiro atoms. The molecule has 1 aliphatic rings. The number of nitrogens with one attached hydrogen (secondary N) is 2. The molecule has 146 valence electrons. The largest absolute Gasteiger partial charge is 0.338 e. The highest BCUT2D eigenvalue weighted by molar-refractivity contribution is 7.91. The van der Waals surface area contributed by atoms with Crippen LogP contribution in [-0.2, 0) is 9.84 Å². The molecular weight excluding hydrogens is 364 g/mol. The van der Waals surface area contributed by atoms with E-state index in [4.69, 9.17) is 0 Å². The standard InChI is InChI=1S/C19H26N4O3S/c1-14-13-23(15(2)17-6-4-3-5-7-17)22-18(14)21-19(24)20-12-16-8-10-27(25,26)11-9-16/h3-7,13,15-16H,8-12H2,1-2H3,(H2,20,21,22,24)/t15-/m1/s1. The minimum Gasteiger partial charge on any atom is -0.338 e. The van der Waals surface area contributed by atoms with Gasteiger partial charge in [0.05, 0.1) is 17.5 Å². The zero-order valence-electron chi connectivity index (χ0n) is 15.7. The van der Waals surface area contributed by atoms with Crippen molar-refractivity contribution in [3.63, 3.8) is 0 Å². The summed E-state index contributed by atoms with van der Waals surface area (Å²) in [5.41, 5.74) is 2.03. The molecule has 3 rings (SSSR count). The van der Waals surface area contributed by atoms with Crippen LogP contribution in [0.25, 0.3) is 0 Å². The SMILES string of the molecule is Cc1cn([C@H](C)c2ccccc2)nc1NC(=O)NCC1CCS(=O)(=O)CC1. The second-order valence-electron chi connectivity index (χ2n) is 7.16. The number of nitrogens with zero attached hydrogens (tertiary/aromatic N) is 2. The van der Waals surface area contributed by atoms with Gasteiger partial charge in [-0.1, -0.05) is 30.3 Å². The second kappa shape index (κ2) is 8.12.